The first-order valence-electron chi connectivity index (χ1n) is 2.62. The lowest BCUT2D eigenvalue weighted by Gasteiger charge is -1.81. The molecule has 0 spiro atoms. The van der Waals surface area contributed by atoms with Gasteiger partial charge >= 0.3 is 0 Å². The predicted octanol–water partition coefficient (Wildman–Crippen LogP) is 2.32. The van der Waals surface area contributed by atoms with E-state index in [1.165, 1.54) is 0 Å². The van der Waals surface area contributed by atoms with Crippen LogP contribution in [0, 0.1) is 0 Å². The van der Waals surface area contributed by atoms with Gasteiger partial charge in [-0.25, -0.2) is 0 Å². The molecule has 8 heavy (non-hydrogen) atoms. The zero-order valence-corrected chi connectivity index (χ0v) is 5.44. The lowest BCUT2D eigenvalue weighted by atomic mass is 10.4. The average molecular weight is 124 g/mol. The standard InChI is InChI=1S/C7H8S/c8-7-5-3-1-2-4-6-7/h1-3,5-6,8H,4H2. The van der Waals surface area contributed by atoms with Gasteiger partial charge in [0.15, 0.2) is 0 Å². The second-order valence-electron chi connectivity index (χ2n) is 1.65. The minimum Gasteiger partial charge on any atom is -0.144 e. The van der Waals surface area contributed by atoms with E-state index in [-0.39, 0.29) is 0 Å². The van der Waals surface area contributed by atoms with Crippen molar-refractivity contribution in [2.75, 3.05) is 0 Å². The van der Waals surface area contributed by atoms with Gasteiger partial charge in [0.05, 0.1) is 0 Å². The zero-order valence-electron chi connectivity index (χ0n) is 4.54. The summed E-state index contributed by atoms with van der Waals surface area (Å²) in [6, 6.07) is 0. The molecule has 0 unspecified atom stereocenters. The normalized spacial score (nSPS) is 17.9. The lowest BCUT2D eigenvalue weighted by molar-refractivity contribution is 1.40. The Balaban J connectivity index is 2.69. The molecule has 0 amide bonds. The van der Waals surface area contributed by atoms with Gasteiger partial charge in [-0.1, -0.05) is 24.3 Å². The molecule has 0 heterocycles. The van der Waals surface area contributed by atoms with Crippen LogP contribution in [-0.2, 0) is 0 Å². The quantitative estimate of drug-likeness (QED) is 0.471. The largest absolute Gasteiger partial charge is 0.144 e. The van der Waals surface area contributed by atoms with Gasteiger partial charge in [-0.3, -0.25) is 0 Å². The molecule has 0 saturated heterocycles. The first-order chi connectivity index (χ1) is 3.89. The van der Waals surface area contributed by atoms with Gasteiger partial charge in [0, 0.05) is 4.91 Å². The Morgan fingerprint density at radius 3 is 3.12 bits per heavy atom. The van der Waals surface area contributed by atoms with E-state index in [9.17, 15) is 0 Å². The van der Waals surface area contributed by atoms with E-state index in [1.807, 2.05) is 18.2 Å². The summed E-state index contributed by atoms with van der Waals surface area (Å²) in [6.07, 6.45) is 11.2. The van der Waals surface area contributed by atoms with Crippen LogP contribution in [0.25, 0.3) is 0 Å². The van der Waals surface area contributed by atoms with E-state index < -0.39 is 0 Å². The van der Waals surface area contributed by atoms with Crippen LogP contribution >= 0.6 is 12.6 Å². The van der Waals surface area contributed by atoms with Crippen molar-refractivity contribution >= 4 is 12.6 Å². The van der Waals surface area contributed by atoms with Crippen molar-refractivity contribution in [1.29, 1.82) is 0 Å². The fourth-order valence-corrected chi connectivity index (χ4v) is 0.760. The predicted molar refractivity (Wildman–Crippen MR) is 40.0 cm³/mol. The van der Waals surface area contributed by atoms with Crippen molar-refractivity contribution in [3.8, 4) is 0 Å². The summed E-state index contributed by atoms with van der Waals surface area (Å²) in [5.74, 6) is 0. The van der Waals surface area contributed by atoms with Crippen molar-refractivity contribution in [2.24, 2.45) is 0 Å². The average Bonchev–Trinajstić information content (AvgIpc) is 1.94. The third kappa shape index (κ3) is 1.58. The van der Waals surface area contributed by atoms with E-state index in [0.29, 0.717) is 0 Å². The van der Waals surface area contributed by atoms with Crippen LogP contribution in [0.1, 0.15) is 6.42 Å². The third-order valence-electron chi connectivity index (χ3n) is 0.977. The van der Waals surface area contributed by atoms with Crippen LogP contribution in [0.5, 0.6) is 0 Å². The molecule has 0 bridgehead atoms. The Morgan fingerprint density at radius 2 is 2.25 bits per heavy atom. The number of allylic oxidation sites excluding steroid dienone is 5. The van der Waals surface area contributed by atoms with Crippen LogP contribution in [-0.4, -0.2) is 0 Å². The summed E-state index contributed by atoms with van der Waals surface area (Å²) in [5.41, 5.74) is 0. The second kappa shape index (κ2) is 2.78. The maximum Gasteiger partial charge on any atom is 0.000312 e. The Kier molecular flexibility index (Phi) is 1.98. The fourth-order valence-electron chi connectivity index (χ4n) is 0.568. The number of rotatable bonds is 0. The van der Waals surface area contributed by atoms with Gasteiger partial charge in [0.1, 0.15) is 0 Å². The molecular weight excluding hydrogens is 116 g/mol. The molecule has 0 atom stereocenters. The first-order valence-corrected chi connectivity index (χ1v) is 3.06. The Morgan fingerprint density at radius 1 is 1.38 bits per heavy atom. The molecule has 0 aromatic heterocycles. The zero-order chi connectivity index (χ0) is 5.82. The molecule has 0 aromatic carbocycles. The molecule has 0 fully saturated rings. The maximum absolute atomic E-state index is 4.16. The molecule has 0 aromatic rings. The highest BCUT2D eigenvalue weighted by molar-refractivity contribution is 7.84. The van der Waals surface area contributed by atoms with Crippen molar-refractivity contribution in [2.45, 2.75) is 6.42 Å². The van der Waals surface area contributed by atoms with Gasteiger partial charge in [0.25, 0.3) is 0 Å². The SMILES string of the molecule is SC1=CCC=CC=C1. The first kappa shape index (κ1) is 5.70. The number of hydrogen-bond donors (Lipinski definition) is 1. The molecule has 1 rings (SSSR count). The van der Waals surface area contributed by atoms with Crippen molar-refractivity contribution in [3.05, 3.63) is 35.3 Å². The summed E-state index contributed by atoms with van der Waals surface area (Å²) in [4.78, 5) is 1.05. The van der Waals surface area contributed by atoms with Gasteiger partial charge in [-0.05, 0) is 12.5 Å². The summed E-state index contributed by atoms with van der Waals surface area (Å²) in [7, 11) is 0. The van der Waals surface area contributed by atoms with Gasteiger partial charge in [-0.2, -0.15) is 0 Å². The molecule has 42 valence electrons. The molecule has 1 aliphatic rings. The lowest BCUT2D eigenvalue weighted by Crippen LogP contribution is -1.57. The van der Waals surface area contributed by atoms with Crippen LogP contribution in [0.2, 0.25) is 0 Å². The summed E-state index contributed by atoms with van der Waals surface area (Å²) < 4.78 is 0. The van der Waals surface area contributed by atoms with E-state index in [1.54, 1.807) is 0 Å². The topological polar surface area (TPSA) is 0 Å². The molecule has 1 aliphatic carbocycles. The van der Waals surface area contributed by atoms with E-state index in [0.717, 1.165) is 11.3 Å². The molecule has 1 heteroatoms. The Bertz CT molecular complexity index is 149. The highest BCUT2D eigenvalue weighted by Gasteiger charge is 1.82. The molecular formula is C7H8S. The van der Waals surface area contributed by atoms with Gasteiger partial charge < -0.3 is 0 Å². The highest BCUT2D eigenvalue weighted by Crippen LogP contribution is 2.07. The minimum absolute atomic E-state index is 1.01. The minimum atomic E-state index is 1.01. The number of thiol groups is 1. The van der Waals surface area contributed by atoms with Gasteiger partial charge in [-0.15, -0.1) is 12.6 Å². The summed E-state index contributed by atoms with van der Waals surface area (Å²) >= 11 is 4.16. The van der Waals surface area contributed by atoms with Crippen LogP contribution in [0.15, 0.2) is 35.3 Å². The smallest absolute Gasteiger partial charge is 0.000312 e. The molecule has 0 aliphatic heterocycles. The molecule has 0 nitrogen and oxygen atoms in total. The maximum atomic E-state index is 4.16. The van der Waals surface area contributed by atoms with Crippen molar-refractivity contribution in [3.63, 3.8) is 0 Å². The molecule has 0 saturated carbocycles. The Labute approximate surface area is 55.0 Å². The van der Waals surface area contributed by atoms with E-state index >= 15 is 0 Å². The van der Waals surface area contributed by atoms with Crippen molar-refractivity contribution < 1.29 is 0 Å². The Hall–Kier alpha value is -0.430. The monoisotopic (exact) mass is 124 g/mol. The van der Waals surface area contributed by atoms with Gasteiger partial charge in [0.2, 0.25) is 0 Å². The fraction of sp³-hybridized carbons (Fsp3) is 0.143. The molecule has 0 N–H and O–H groups in total. The van der Waals surface area contributed by atoms with Crippen LogP contribution in [0.3, 0.4) is 0 Å². The number of hydrogen-bond acceptors (Lipinski definition) is 1. The summed E-state index contributed by atoms with van der Waals surface area (Å²) in [5, 5.41) is 0. The van der Waals surface area contributed by atoms with Crippen molar-refractivity contribution in [1.82, 2.24) is 0 Å². The van der Waals surface area contributed by atoms with Crippen LogP contribution in [0.4, 0.5) is 0 Å². The summed E-state index contributed by atoms with van der Waals surface area (Å²) in [6.45, 7) is 0. The van der Waals surface area contributed by atoms with E-state index in [4.69, 9.17) is 0 Å². The highest BCUT2D eigenvalue weighted by atomic mass is 32.1. The molecule has 0 radical (unpaired) electrons. The second-order valence-corrected chi connectivity index (χ2v) is 2.17. The van der Waals surface area contributed by atoms with Crippen LogP contribution < -0.4 is 0 Å². The third-order valence-corrected chi connectivity index (χ3v) is 1.31. The van der Waals surface area contributed by atoms with E-state index in [2.05, 4.69) is 24.8 Å².